The van der Waals surface area contributed by atoms with Gasteiger partial charge in [-0.05, 0) is 51.0 Å². The standard InChI is InChI=1S/C13H26N2O3S/c16-19(17,10-2-1-7-14-13-3-4-13)15-8-5-12-6-9-18-11-12/h12-15H,1-11H2. The molecule has 0 aromatic rings. The first kappa shape index (κ1) is 15.2. The molecule has 2 fully saturated rings. The van der Waals surface area contributed by atoms with Crippen molar-refractivity contribution in [2.45, 2.75) is 44.6 Å². The van der Waals surface area contributed by atoms with Gasteiger partial charge < -0.3 is 10.1 Å². The summed E-state index contributed by atoms with van der Waals surface area (Å²) in [6.45, 7) is 3.11. The summed E-state index contributed by atoms with van der Waals surface area (Å²) >= 11 is 0. The molecule has 1 saturated heterocycles. The molecule has 0 bridgehead atoms. The van der Waals surface area contributed by atoms with Crippen LogP contribution in [0.4, 0.5) is 0 Å². The first-order valence-corrected chi connectivity index (χ1v) is 9.09. The highest BCUT2D eigenvalue weighted by Gasteiger charge is 2.20. The average Bonchev–Trinajstić information content (AvgIpc) is 3.04. The van der Waals surface area contributed by atoms with E-state index >= 15 is 0 Å². The van der Waals surface area contributed by atoms with E-state index < -0.39 is 10.0 Å². The second kappa shape index (κ2) is 7.57. The van der Waals surface area contributed by atoms with Gasteiger partial charge in [-0.2, -0.15) is 0 Å². The number of nitrogens with one attached hydrogen (secondary N) is 2. The maximum Gasteiger partial charge on any atom is 0.211 e. The van der Waals surface area contributed by atoms with Crippen molar-refractivity contribution in [2.75, 3.05) is 32.1 Å². The number of hydrogen-bond acceptors (Lipinski definition) is 4. The van der Waals surface area contributed by atoms with Crippen LogP contribution in [0.25, 0.3) is 0 Å². The fourth-order valence-electron chi connectivity index (χ4n) is 2.31. The molecule has 2 aliphatic rings. The van der Waals surface area contributed by atoms with Crippen LogP contribution < -0.4 is 10.0 Å². The van der Waals surface area contributed by atoms with Gasteiger partial charge in [0.1, 0.15) is 0 Å². The van der Waals surface area contributed by atoms with Gasteiger partial charge in [-0.25, -0.2) is 13.1 Å². The van der Waals surface area contributed by atoms with Crippen LogP contribution in [0, 0.1) is 5.92 Å². The molecule has 0 aromatic carbocycles. The van der Waals surface area contributed by atoms with Crippen molar-refractivity contribution < 1.29 is 13.2 Å². The first-order valence-electron chi connectivity index (χ1n) is 7.44. The fraction of sp³-hybridized carbons (Fsp3) is 1.00. The molecule has 0 spiro atoms. The van der Waals surface area contributed by atoms with Crippen LogP contribution in [0.15, 0.2) is 0 Å². The van der Waals surface area contributed by atoms with Crippen LogP contribution in [-0.2, 0) is 14.8 Å². The first-order chi connectivity index (χ1) is 9.16. The lowest BCUT2D eigenvalue weighted by Crippen LogP contribution is -2.29. The second-order valence-corrected chi connectivity index (χ2v) is 7.59. The molecule has 1 unspecified atom stereocenters. The van der Waals surface area contributed by atoms with Crippen molar-refractivity contribution in [1.82, 2.24) is 10.0 Å². The maximum atomic E-state index is 11.8. The van der Waals surface area contributed by atoms with E-state index in [2.05, 4.69) is 10.0 Å². The zero-order chi connectivity index (χ0) is 13.6. The predicted octanol–water partition coefficient (Wildman–Crippen LogP) is 0.865. The summed E-state index contributed by atoms with van der Waals surface area (Å²) in [4.78, 5) is 0. The Kier molecular flexibility index (Phi) is 6.06. The van der Waals surface area contributed by atoms with Crippen LogP contribution >= 0.6 is 0 Å². The number of hydrogen-bond donors (Lipinski definition) is 2. The Bertz CT molecular complexity index is 349. The summed E-state index contributed by atoms with van der Waals surface area (Å²) in [5.41, 5.74) is 0. The van der Waals surface area contributed by atoms with Crippen molar-refractivity contribution in [3.63, 3.8) is 0 Å². The summed E-state index contributed by atoms with van der Waals surface area (Å²) in [7, 11) is -3.08. The molecule has 0 amide bonds. The lowest BCUT2D eigenvalue weighted by Gasteiger charge is -2.09. The van der Waals surface area contributed by atoms with Gasteiger partial charge in [-0.1, -0.05) is 0 Å². The molecular formula is C13H26N2O3S. The molecule has 0 radical (unpaired) electrons. The summed E-state index contributed by atoms with van der Waals surface area (Å²) in [6, 6.07) is 0.711. The largest absolute Gasteiger partial charge is 0.381 e. The second-order valence-electron chi connectivity index (χ2n) is 5.67. The van der Waals surface area contributed by atoms with Gasteiger partial charge in [0.2, 0.25) is 10.0 Å². The van der Waals surface area contributed by atoms with Gasteiger partial charge in [-0.15, -0.1) is 0 Å². The number of rotatable bonds is 10. The van der Waals surface area contributed by atoms with Gasteiger partial charge in [0, 0.05) is 25.8 Å². The lowest BCUT2D eigenvalue weighted by atomic mass is 10.1. The van der Waals surface area contributed by atoms with Crippen LogP contribution in [-0.4, -0.2) is 46.5 Å². The monoisotopic (exact) mass is 290 g/mol. The minimum atomic E-state index is -3.08. The van der Waals surface area contributed by atoms with Crippen molar-refractivity contribution >= 4 is 10.0 Å². The number of ether oxygens (including phenoxy) is 1. The van der Waals surface area contributed by atoms with E-state index in [1.54, 1.807) is 0 Å². The third kappa shape index (κ3) is 6.70. The molecule has 1 saturated carbocycles. The van der Waals surface area contributed by atoms with Gasteiger partial charge in [-0.3, -0.25) is 0 Å². The molecule has 19 heavy (non-hydrogen) atoms. The summed E-state index contributed by atoms with van der Waals surface area (Å²) in [6.07, 6.45) is 6.20. The number of unbranched alkanes of at least 4 members (excludes halogenated alkanes) is 1. The summed E-state index contributed by atoms with van der Waals surface area (Å²) in [5.74, 6) is 0.783. The van der Waals surface area contributed by atoms with E-state index in [-0.39, 0.29) is 5.75 Å². The minimum absolute atomic E-state index is 0.251. The molecule has 2 N–H and O–H groups in total. The van der Waals surface area contributed by atoms with E-state index in [1.807, 2.05) is 0 Å². The Morgan fingerprint density at radius 3 is 2.63 bits per heavy atom. The highest BCUT2D eigenvalue weighted by molar-refractivity contribution is 7.89. The third-order valence-electron chi connectivity index (χ3n) is 3.75. The number of sulfonamides is 1. The highest BCUT2D eigenvalue weighted by atomic mass is 32.2. The van der Waals surface area contributed by atoms with Gasteiger partial charge >= 0.3 is 0 Å². The third-order valence-corrected chi connectivity index (χ3v) is 5.22. The maximum absolute atomic E-state index is 11.8. The van der Waals surface area contributed by atoms with Crippen molar-refractivity contribution in [3.05, 3.63) is 0 Å². The van der Waals surface area contributed by atoms with Crippen molar-refractivity contribution in [1.29, 1.82) is 0 Å². The molecule has 1 atom stereocenters. The quantitative estimate of drug-likeness (QED) is 0.586. The lowest BCUT2D eigenvalue weighted by molar-refractivity contribution is 0.184. The predicted molar refractivity (Wildman–Crippen MR) is 75.6 cm³/mol. The fourth-order valence-corrected chi connectivity index (χ4v) is 3.47. The van der Waals surface area contributed by atoms with Crippen molar-refractivity contribution in [3.8, 4) is 0 Å². The van der Waals surface area contributed by atoms with Crippen LogP contribution in [0.3, 0.4) is 0 Å². The molecule has 2 rings (SSSR count). The Morgan fingerprint density at radius 1 is 1.11 bits per heavy atom. The molecular weight excluding hydrogens is 264 g/mol. The molecule has 1 aliphatic carbocycles. The van der Waals surface area contributed by atoms with Crippen LogP contribution in [0.5, 0.6) is 0 Å². The Hall–Kier alpha value is -0.170. The highest BCUT2D eigenvalue weighted by Crippen LogP contribution is 2.18. The van der Waals surface area contributed by atoms with Crippen molar-refractivity contribution in [2.24, 2.45) is 5.92 Å². The van der Waals surface area contributed by atoms with E-state index in [9.17, 15) is 8.42 Å². The van der Waals surface area contributed by atoms with Gasteiger partial charge in [0.15, 0.2) is 0 Å². The van der Waals surface area contributed by atoms with E-state index in [4.69, 9.17) is 4.74 Å². The zero-order valence-corrected chi connectivity index (χ0v) is 12.4. The smallest absolute Gasteiger partial charge is 0.211 e. The van der Waals surface area contributed by atoms with Gasteiger partial charge in [0.05, 0.1) is 5.75 Å². The molecule has 5 nitrogen and oxygen atoms in total. The normalized spacial score (nSPS) is 23.9. The topological polar surface area (TPSA) is 67.4 Å². The van der Waals surface area contributed by atoms with E-state index in [1.165, 1.54) is 12.8 Å². The summed E-state index contributed by atoms with van der Waals surface area (Å²) < 4.78 is 31.5. The molecule has 6 heteroatoms. The van der Waals surface area contributed by atoms with E-state index in [0.717, 1.165) is 45.4 Å². The minimum Gasteiger partial charge on any atom is -0.381 e. The Morgan fingerprint density at radius 2 is 1.95 bits per heavy atom. The average molecular weight is 290 g/mol. The summed E-state index contributed by atoms with van der Waals surface area (Å²) in [5, 5.41) is 3.39. The molecule has 1 aliphatic heterocycles. The molecule has 1 heterocycles. The molecule has 112 valence electrons. The van der Waals surface area contributed by atoms with Crippen LogP contribution in [0.1, 0.15) is 38.5 Å². The Balaban J connectivity index is 1.48. The van der Waals surface area contributed by atoms with Crippen LogP contribution in [0.2, 0.25) is 0 Å². The van der Waals surface area contributed by atoms with E-state index in [0.29, 0.717) is 18.5 Å². The van der Waals surface area contributed by atoms with Gasteiger partial charge in [0.25, 0.3) is 0 Å². The Labute approximate surface area is 116 Å². The molecule has 0 aromatic heterocycles. The SMILES string of the molecule is O=S(=O)(CCCCNC1CC1)NCCC1CCOC1. The zero-order valence-electron chi connectivity index (χ0n) is 11.6.